The Morgan fingerprint density at radius 3 is 2.41 bits per heavy atom. The third kappa shape index (κ3) is 4.72. The van der Waals surface area contributed by atoms with Crippen LogP contribution in [0.25, 0.3) is 0 Å². The van der Waals surface area contributed by atoms with Gasteiger partial charge in [0.1, 0.15) is 11.2 Å². The summed E-state index contributed by atoms with van der Waals surface area (Å²) in [6, 6.07) is 8.27. The summed E-state index contributed by atoms with van der Waals surface area (Å²) < 4.78 is 51.7. The van der Waals surface area contributed by atoms with E-state index in [0.29, 0.717) is 12.8 Å². The molecule has 2 heterocycles. The second-order valence-electron chi connectivity index (χ2n) is 10.0. The van der Waals surface area contributed by atoms with E-state index in [-0.39, 0.29) is 32.0 Å². The van der Waals surface area contributed by atoms with Gasteiger partial charge >= 0.3 is 18.2 Å². The van der Waals surface area contributed by atoms with Crippen molar-refractivity contribution < 1.29 is 32.2 Å². The zero-order valence-corrected chi connectivity index (χ0v) is 18.5. The molecular formula is C23H29F3N2O4. The first kappa shape index (κ1) is 22.9. The Hall–Kier alpha value is -2.29. The topological polar surface area (TPSA) is 59.1 Å². The van der Waals surface area contributed by atoms with Gasteiger partial charge in [0.25, 0.3) is 0 Å². The number of carbonyl (C=O) groups excluding carboxylic acids is 2. The maximum atomic E-state index is 13.5. The Labute approximate surface area is 185 Å². The minimum Gasteiger partial charge on any atom is -0.444 e. The average Bonchev–Trinajstić information content (AvgIpc) is 3.45. The van der Waals surface area contributed by atoms with Crippen LogP contribution in [0.3, 0.4) is 0 Å². The smallest absolute Gasteiger partial charge is 0.444 e. The van der Waals surface area contributed by atoms with Gasteiger partial charge in [0.05, 0.1) is 13.1 Å². The molecule has 1 saturated carbocycles. The molecule has 0 bridgehead atoms. The van der Waals surface area contributed by atoms with Crippen LogP contribution in [0.4, 0.5) is 18.0 Å². The quantitative estimate of drug-likeness (QED) is 0.690. The second kappa shape index (κ2) is 7.93. The molecule has 3 atom stereocenters. The third-order valence-electron chi connectivity index (χ3n) is 6.29. The van der Waals surface area contributed by atoms with Crippen LogP contribution in [0, 0.1) is 0 Å². The van der Waals surface area contributed by atoms with E-state index in [9.17, 15) is 22.8 Å². The molecule has 1 aromatic rings. The van der Waals surface area contributed by atoms with Crippen LogP contribution in [0.15, 0.2) is 30.3 Å². The van der Waals surface area contributed by atoms with Gasteiger partial charge in [0.2, 0.25) is 0 Å². The fraction of sp³-hybridized carbons (Fsp3) is 0.652. The molecule has 6 nitrogen and oxygen atoms in total. The SMILES string of the molecule is CC(C)(C)OC(=O)N1CC2(CC(N(C(=O)C(F)(F)F)[C@@H]3C[C@H]3c3ccccc3)CCO2)C1. The van der Waals surface area contributed by atoms with Crippen LogP contribution < -0.4 is 0 Å². The molecule has 1 aromatic carbocycles. The molecule has 1 unspecified atom stereocenters. The fourth-order valence-corrected chi connectivity index (χ4v) is 4.85. The molecular weight excluding hydrogens is 425 g/mol. The largest absolute Gasteiger partial charge is 0.471 e. The fourth-order valence-electron chi connectivity index (χ4n) is 4.85. The van der Waals surface area contributed by atoms with Crippen LogP contribution >= 0.6 is 0 Å². The number of benzene rings is 1. The van der Waals surface area contributed by atoms with E-state index >= 15 is 0 Å². The lowest BCUT2D eigenvalue weighted by Gasteiger charge is -2.54. The molecule has 0 radical (unpaired) electrons. The van der Waals surface area contributed by atoms with E-state index in [1.807, 2.05) is 30.3 Å². The molecule has 0 N–H and O–H groups in total. The Morgan fingerprint density at radius 2 is 1.81 bits per heavy atom. The summed E-state index contributed by atoms with van der Waals surface area (Å²) in [6.45, 7) is 6.06. The van der Waals surface area contributed by atoms with Crippen molar-refractivity contribution in [3.63, 3.8) is 0 Å². The van der Waals surface area contributed by atoms with Gasteiger partial charge in [-0.05, 0) is 39.2 Å². The van der Waals surface area contributed by atoms with E-state index < -0.39 is 41.5 Å². The van der Waals surface area contributed by atoms with Crippen molar-refractivity contribution in [2.24, 2.45) is 0 Å². The normalized spacial score (nSPS) is 26.9. The lowest BCUT2D eigenvalue weighted by atomic mass is 9.83. The maximum absolute atomic E-state index is 13.5. The number of alkyl halides is 3. The van der Waals surface area contributed by atoms with Gasteiger partial charge in [-0.3, -0.25) is 4.79 Å². The number of hydrogen-bond acceptors (Lipinski definition) is 4. The van der Waals surface area contributed by atoms with E-state index in [1.165, 1.54) is 4.90 Å². The number of nitrogens with zero attached hydrogens (tertiary/aromatic N) is 2. The number of amides is 2. The molecule has 2 amide bonds. The van der Waals surface area contributed by atoms with Crippen molar-refractivity contribution in [1.29, 1.82) is 0 Å². The van der Waals surface area contributed by atoms with Crippen LogP contribution in [0.5, 0.6) is 0 Å². The molecule has 1 aliphatic carbocycles. The van der Waals surface area contributed by atoms with Gasteiger partial charge in [-0.25, -0.2) is 4.79 Å². The number of likely N-dealkylation sites (tertiary alicyclic amines) is 1. The molecule has 176 valence electrons. The Morgan fingerprint density at radius 1 is 1.16 bits per heavy atom. The van der Waals surface area contributed by atoms with Crippen LogP contribution in [-0.2, 0) is 14.3 Å². The van der Waals surface area contributed by atoms with Crippen molar-refractivity contribution in [3.8, 4) is 0 Å². The molecule has 3 aliphatic rings. The number of carbonyl (C=O) groups is 2. The first-order chi connectivity index (χ1) is 14.9. The summed E-state index contributed by atoms with van der Waals surface area (Å²) in [4.78, 5) is 27.3. The lowest BCUT2D eigenvalue weighted by molar-refractivity contribution is -0.202. The number of ether oxygens (including phenoxy) is 2. The third-order valence-corrected chi connectivity index (χ3v) is 6.29. The predicted octanol–water partition coefficient (Wildman–Crippen LogP) is 4.10. The Kier molecular flexibility index (Phi) is 5.68. The zero-order chi connectivity index (χ0) is 23.3. The van der Waals surface area contributed by atoms with Gasteiger partial charge in [0.15, 0.2) is 0 Å². The molecule has 32 heavy (non-hydrogen) atoms. The summed E-state index contributed by atoms with van der Waals surface area (Å²) >= 11 is 0. The van der Waals surface area contributed by atoms with E-state index in [0.717, 1.165) is 10.5 Å². The van der Waals surface area contributed by atoms with Gasteiger partial charge in [-0.2, -0.15) is 13.2 Å². The molecule has 3 fully saturated rings. The summed E-state index contributed by atoms with van der Waals surface area (Å²) in [5.74, 6) is -1.88. The van der Waals surface area contributed by atoms with Crippen molar-refractivity contribution in [2.75, 3.05) is 19.7 Å². The standard InChI is InChI=1S/C23H29F3N2O4/c1-21(2,3)32-20(30)27-13-22(14-27)12-16(9-10-31-22)28(19(29)23(24,25)26)18-11-17(18)15-7-5-4-6-8-15/h4-8,16-18H,9-14H2,1-3H3/t16?,17-,18+/m0/s1. The van der Waals surface area contributed by atoms with Gasteiger partial charge in [-0.15, -0.1) is 0 Å². The zero-order valence-electron chi connectivity index (χ0n) is 18.5. The van der Waals surface area contributed by atoms with Crippen molar-refractivity contribution in [3.05, 3.63) is 35.9 Å². The number of rotatable bonds is 3. The molecule has 2 aliphatic heterocycles. The lowest BCUT2D eigenvalue weighted by Crippen LogP contribution is -2.69. The summed E-state index contributed by atoms with van der Waals surface area (Å²) in [7, 11) is 0. The predicted molar refractivity (Wildman–Crippen MR) is 110 cm³/mol. The number of hydrogen-bond donors (Lipinski definition) is 0. The van der Waals surface area contributed by atoms with E-state index in [2.05, 4.69) is 0 Å². The van der Waals surface area contributed by atoms with Gasteiger partial charge in [-0.1, -0.05) is 30.3 Å². The van der Waals surface area contributed by atoms with Crippen molar-refractivity contribution >= 4 is 12.0 Å². The molecule has 0 aromatic heterocycles. The second-order valence-corrected chi connectivity index (χ2v) is 10.0. The van der Waals surface area contributed by atoms with Crippen LogP contribution in [0.1, 0.15) is 51.5 Å². The van der Waals surface area contributed by atoms with Gasteiger partial charge in [0, 0.05) is 31.0 Å². The minimum absolute atomic E-state index is 0.0963. The first-order valence-electron chi connectivity index (χ1n) is 10.9. The highest BCUT2D eigenvalue weighted by molar-refractivity contribution is 5.83. The Balaban J connectivity index is 1.47. The van der Waals surface area contributed by atoms with Crippen LogP contribution in [0.2, 0.25) is 0 Å². The minimum atomic E-state index is -4.93. The monoisotopic (exact) mass is 454 g/mol. The highest BCUT2D eigenvalue weighted by atomic mass is 19.4. The van der Waals surface area contributed by atoms with E-state index in [4.69, 9.17) is 9.47 Å². The summed E-state index contributed by atoms with van der Waals surface area (Å²) in [5, 5.41) is 0. The van der Waals surface area contributed by atoms with Crippen LogP contribution in [-0.4, -0.2) is 71.0 Å². The maximum Gasteiger partial charge on any atom is 0.471 e. The summed E-state index contributed by atoms with van der Waals surface area (Å²) in [6.07, 6.45) is -4.28. The molecule has 9 heteroatoms. The number of halogens is 3. The highest BCUT2D eigenvalue weighted by Crippen LogP contribution is 2.49. The Bertz CT molecular complexity index is 862. The van der Waals surface area contributed by atoms with Crippen molar-refractivity contribution in [1.82, 2.24) is 9.80 Å². The van der Waals surface area contributed by atoms with Gasteiger partial charge < -0.3 is 19.3 Å². The van der Waals surface area contributed by atoms with E-state index in [1.54, 1.807) is 20.8 Å². The van der Waals surface area contributed by atoms with Crippen molar-refractivity contribution in [2.45, 2.75) is 75.4 Å². The molecule has 1 spiro atoms. The average molecular weight is 454 g/mol. The summed E-state index contributed by atoms with van der Waals surface area (Å²) in [5.41, 5.74) is -0.426. The highest BCUT2D eigenvalue weighted by Gasteiger charge is 2.58. The molecule has 2 saturated heterocycles. The molecule has 4 rings (SSSR count). The first-order valence-corrected chi connectivity index (χ1v) is 10.9.